The van der Waals surface area contributed by atoms with E-state index >= 15 is 0 Å². The summed E-state index contributed by atoms with van der Waals surface area (Å²) in [7, 11) is 3.54. The standard InChI is InChI=1S/C37H43N9O3.H2/c1-43(2)35(49)30-20-26-23-40-36(42-32(26)46(30)27-5-3-4-6-27)41-31-10-7-24(21-38-31)34(48)45-17-13-37(14-18-45)11-15-44(16-12-37)28-8-9-29-25(19-28)22-39-33(29)47;/h7-10,19-21,23,27H,3-6,11-18,22H2,1-2H3,(H,39,47)(H,38,40,41,42);1H. The number of nitrogens with one attached hydrogen (secondary N) is 2. The molecule has 1 aliphatic carbocycles. The number of hydrogen-bond acceptors (Lipinski definition) is 8. The Morgan fingerprint density at radius 1 is 0.959 bits per heavy atom. The summed E-state index contributed by atoms with van der Waals surface area (Å²) < 4.78 is 2.09. The number of carbonyl (C=O) groups excluding carboxylic acids is 3. The van der Waals surface area contributed by atoms with Crippen LogP contribution in [-0.2, 0) is 6.54 Å². The highest BCUT2D eigenvalue weighted by molar-refractivity contribution is 5.99. The second-order valence-corrected chi connectivity index (χ2v) is 14.4. The van der Waals surface area contributed by atoms with Crippen LogP contribution in [0, 0.1) is 5.41 Å². The van der Waals surface area contributed by atoms with Crippen LogP contribution in [0.1, 0.15) is 95.6 Å². The third-order valence-corrected chi connectivity index (χ3v) is 11.2. The van der Waals surface area contributed by atoms with Gasteiger partial charge in [0.1, 0.15) is 17.2 Å². The number of fused-ring (bicyclic) bond motifs is 2. The number of anilines is 3. The van der Waals surface area contributed by atoms with Crippen LogP contribution in [0.25, 0.3) is 11.0 Å². The van der Waals surface area contributed by atoms with Crippen molar-refractivity contribution < 1.29 is 15.8 Å². The molecule has 49 heavy (non-hydrogen) atoms. The molecule has 4 aromatic rings. The van der Waals surface area contributed by atoms with Gasteiger partial charge in [-0.3, -0.25) is 14.4 Å². The first-order valence-corrected chi connectivity index (χ1v) is 17.6. The lowest BCUT2D eigenvalue weighted by molar-refractivity contribution is 0.0514. The first kappa shape index (κ1) is 31.3. The molecule has 0 radical (unpaired) electrons. The Kier molecular flexibility index (Phi) is 7.96. The van der Waals surface area contributed by atoms with Crippen LogP contribution in [0.15, 0.2) is 48.8 Å². The highest BCUT2D eigenvalue weighted by Crippen LogP contribution is 2.43. The van der Waals surface area contributed by atoms with Gasteiger partial charge >= 0.3 is 0 Å². The molecule has 1 aromatic carbocycles. The van der Waals surface area contributed by atoms with Crippen LogP contribution in [0.2, 0.25) is 0 Å². The minimum absolute atomic E-state index is 0. The lowest BCUT2D eigenvalue weighted by Gasteiger charge is -2.47. The number of carbonyl (C=O) groups is 3. The number of benzene rings is 1. The largest absolute Gasteiger partial charge is 0.371 e. The van der Waals surface area contributed by atoms with Crippen molar-refractivity contribution in [3.05, 3.63) is 71.2 Å². The number of likely N-dealkylation sites (tertiary alicyclic amines) is 1. The molecule has 3 aromatic heterocycles. The Balaban J connectivity index is 0.00000392. The lowest BCUT2D eigenvalue weighted by Crippen LogP contribution is -2.48. The van der Waals surface area contributed by atoms with Gasteiger partial charge in [-0.15, -0.1) is 0 Å². The molecule has 12 nitrogen and oxygen atoms in total. The van der Waals surface area contributed by atoms with E-state index in [4.69, 9.17) is 4.98 Å². The molecule has 6 heterocycles. The van der Waals surface area contributed by atoms with Crippen molar-refractivity contribution in [3.8, 4) is 0 Å². The number of aromatic nitrogens is 4. The van der Waals surface area contributed by atoms with E-state index in [0.29, 0.717) is 29.6 Å². The van der Waals surface area contributed by atoms with Crippen molar-refractivity contribution in [3.63, 3.8) is 0 Å². The molecule has 8 rings (SSSR count). The Morgan fingerprint density at radius 2 is 1.71 bits per heavy atom. The van der Waals surface area contributed by atoms with E-state index in [0.717, 1.165) is 99.7 Å². The summed E-state index contributed by atoms with van der Waals surface area (Å²) in [6.07, 6.45) is 11.9. The minimum atomic E-state index is -0.0420. The van der Waals surface area contributed by atoms with Crippen LogP contribution >= 0.6 is 0 Å². The van der Waals surface area contributed by atoms with Gasteiger partial charge in [0.15, 0.2) is 0 Å². The summed E-state index contributed by atoms with van der Waals surface area (Å²) in [5.74, 6) is 0.940. The lowest BCUT2D eigenvalue weighted by atomic mass is 9.71. The molecule has 4 aliphatic rings. The monoisotopic (exact) mass is 663 g/mol. The third kappa shape index (κ3) is 5.87. The summed E-state index contributed by atoms with van der Waals surface area (Å²) in [4.78, 5) is 58.3. The van der Waals surface area contributed by atoms with Gasteiger partial charge in [0.2, 0.25) is 5.95 Å². The van der Waals surface area contributed by atoms with E-state index in [9.17, 15) is 14.4 Å². The quantitative estimate of drug-likeness (QED) is 0.281. The van der Waals surface area contributed by atoms with Crippen molar-refractivity contribution in [2.75, 3.05) is 50.5 Å². The molecule has 2 N–H and O–H groups in total. The zero-order valence-corrected chi connectivity index (χ0v) is 28.2. The first-order chi connectivity index (χ1) is 23.8. The van der Waals surface area contributed by atoms with E-state index in [1.807, 2.05) is 23.1 Å². The van der Waals surface area contributed by atoms with E-state index in [-0.39, 0.29) is 30.6 Å². The topological polar surface area (TPSA) is 129 Å². The van der Waals surface area contributed by atoms with Gasteiger partial charge in [0.05, 0.1) is 5.56 Å². The molecule has 3 amide bonds. The molecule has 256 valence electrons. The maximum atomic E-state index is 13.5. The first-order valence-electron chi connectivity index (χ1n) is 17.6. The number of piperidine rings is 2. The maximum Gasteiger partial charge on any atom is 0.270 e. The van der Waals surface area contributed by atoms with Crippen LogP contribution in [-0.4, -0.2) is 87.3 Å². The zero-order chi connectivity index (χ0) is 33.7. The molecule has 2 saturated heterocycles. The van der Waals surface area contributed by atoms with Crippen molar-refractivity contribution in [1.82, 2.24) is 34.6 Å². The Bertz CT molecular complexity index is 1920. The van der Waals surface area contributed by atoms with Crippen LogP contribution < -0.4 is 15.5 Å². The molecule has 0 unspecified atom stereocenters. The highest BCUT2D eigenvalue weighted by atomic mass is 16.2. The number of nitrogens with zero attached hydrogens (tertiary/aromatic N) is 7. The Labute approximate surface area is 287 Å². The van der Waals surface area contributed by atoms with E-state index in [1.165, 1.54) is 5.69 Å². The van der Waals surface area contributed by atoms with Gasteiger partial charge in [-0.25, -0.2) is 9.97 Å². The van der Waals surface area contributed by atoms with Crippen molar-refractivity contribution in [1.29, 1.82) is 0 Å². The number of rotatable bonds is 6. The third-order valence-electron chi connectivity index (χ3n) is 11.2. The molecular weight excluding hydrogens is 618 g/mol. The molecule has 1 saturated carbocycles. The fourth-order valence-electron chi connectivity index (χ4n) is 8.22. The maximum absolute atomic E-state index is 13.5. The summed E-state index contributed by atoms with van der Waals surface area (Å²) in [5, 5.41) is 6.94. The predicted molar refractivity (Wildman–Crippen MR) is 189 cm³/mol. The average Bonchev–Trinajstić information content (AvgIpc) is 3.87. The summed E-state index contributed by atoms with van der Waals surface area (Å²) in [6.45, 7) is 4.09. The van der Waals surface area contributed by atoms with Gasteiger partial charge in [-0.05, 0) is 85.9 Å². The van der Waals surface area contributed by atoms with Gasteiger partial charge in [-0.2, -0.15) is 4.98 Å². The zero-order valence-electron chi connectivity index (χ0n) is 28.2. The number of amides is 3. The minimum Gasteiger partial charge on any atom is -0.371 e. The molecule has 3 aliphatic heterocycles. The number of hydrogen-bond donors (Lipinski definition) is 2. The Morgan fingerprint density at radius 3 is 2.43 bits per heavy atom. The molecule has 0 atom stereocenters. The fourth-order valence-corrected chi connectivity index (χ4v) is 8.22. The number of pyridine rings is 1. The van der Waals surface area contributed by atoms with Crippen LogP contribution in [0.4, 0.5) is 17.5 Å². The SMILES string of the molecule is CN(C)C(=O)c1cc2cnc(Nc3ccc(C(=O)N4CCC5(CC4)CCN(c4ccc6c(c4)CNC6=O)CC5)cn3)nc2n1C1CCCC1.[HH]. The fraction of sp³-hybridized carbons (Fsp3) is 0.459. The molecule has 3 fully saturated rings. The van der Waals surface area contributed by atoms with Gasteiger partial charge in [0.25, 0.3) is 17.7 Å². The highest BCUT2D eigenvalue weighted by Gasteiger charge is 2.39. The summed E-state index contributed by atoms with van der Waals surface area (Å²) in [5.41, 5.74) is 5.29. The summed E-state index contributed by atoms with van der Waals surface area (Å²) in [6, 6.07) is 11.9. The van der Waals surface area contributed by atoms with E-state index in [1.54, 1.807) is 37.5 Å². The second-order valence-electron chi connectivity index (χ2n) is 14.4. The predicted octanol–water partition coefficient (Wildman–Crippen LogP) is 5.40. The molecule has 12 heteroatoms. The van der Waals surface area contributed by atoms with Crippen LogP contribution in [0.3, 0.4) is 0 Å². The molecular formula is C37H45N9O3. The van der Waals surface area contributed by atoms with Gasteiger partial charge in [0, 0.05) is 83.3 Å². The van der Waals surface area contributed by atoms with Crippen molar-refractivity contribution >= 4 is 46.2 Å². The van der Waals surface area contributed by atoms with Crippen molar-refractivity contribution in [2.24, 2.45) is 5.41 Å². The van der Waals surface area contributed by atoms with Crippen molar-refractivity contribution in [2.45, 2.75) is 64.0 Å². The summed E-state index contributed by atoms with van der Waals surface area (Å²) >= 11 is 0. The second kappa shape index (κ2) is 12.5. The Hall–Kier alpha value is -5.00. The smallest absolute Gasteiger partial charge is 0.270 e. The molecule has 1 spiro atoms. The van der Waals surface area contributed by atoms with E-state index in [2.05, 4.69) is 42.2 Å². The van der Waals surface area contributed by atoms with Gasteiger partial charge in [-0.1, -0.05) is 12.8 Å². The molecule has 0 bridgehead atoms. The average molecular weight is 664 g/mol. The normalized spacial score (nSPS) is 18.9. The van der Waals surface area contributed by atoms with Crippen LogP contribution in [0.5, 0.6) is 0 Å². The van der Waals surface area contributed by atoms with E-state index < -0.39 is 0 Å². The van der Waals surface area contributed by atoms with Gasteiger partial charge < -0.3 is 29.9 Å².